The van der Waals surface area contributed by atoms with Gasteiger partial charge in [0.1, 0.15) is 6.61 Å². The third-order valence-electron chi connectivity index (χ3n) is 4.64. The number of nitrogens with one attached hydrogen (secondary N) is 1. The molecule has 1 atom stereocenters. The molecule has 0 bridgehead atoms. The van der Waals surface area contributed by atoms with Crippen LogP contribution in [0.2, 0.25) is 0 Å². The first kappa shape index (κ1) is 17.4. The fourth-order valence-corrected chi connectivity index (χ4v) is 3.34. The highest BCUT2D eigenvalue weighted by atomic mass is 16.5. The Morgan fingerprint density at radius 2 is 1.84 bits per heavy atom. The monoisotopic (exact) mass is 341 g/mol. The Balaban J connectivity index is 1.69. The van der Waals surface area contributed by atoms with Crippen LogP contribution < -0.4 is 5.32 Å². The summed E-state index contributed by atoms with van der Waals surface area (Å²) in [7, 11) is 0. The number of carbonyl (C=O) groups excluding carboxylic acids is 1. The Morgan fingerprint density at radius 3 is 2.56 bits per heavy atom. The van der Waals surface area contributed by atoms with Crippen molar-refractivity contribution < 1.29 is 19.4 Å². The van der Waals surface area contributed by atoms with Gasteiger partial charge >= 0.3 is 5.97 Å². The topological polar surface area (TPSA) is 75.6 Å². The van der Waals surface area contributed by atoms with Crippen LogP contribution in [0.4, 0.5) is 0 Å². The van der Waals surface area contributed by atoms with E-state index in [1.165, 1.54) is 0 Å². The van der Waals surface area contributed by atoms with Crippen molar-refractivity contribution in [1.82, 2.24) is 5.32 Å². The van der Waals surface area contributed by atoms with E-state index in [4.69, 9.17) is 4.74 Å². The molecule has 0 radical (unpaired) electrons. The van der Waals surface area contributed by atoms with E-state index in [1.54, 1.807) is 0 Å². The lowest BCUT2D eigenvalue weighted by Gasteiger charge is -2.19. The Kier molecular flexibility index (Phi) is 5.66. The molecule has 2 N–H and O–H groups in total. The minimum atomic E-state index is -0.949. The van der Waals surface area contributed by atoms with Crippen molar-refractivity contribution in [3.8, 4) is 0 Å². The van der Waals surface area contributed by atoms with Gasteiger partial charge in [0.2, 0.25) is 5.91 Å². The van der Waals surface area contributed by atoms with E-state index in [-0.39, 0.29) is 25.0 Å². The van der Waals surface area contributed by atoms with Crippen molar-refractivity contribution in [2.45, 2.75) is 44.2 Å². The molecule has 0 aliphatic heterocycles. The maximum Gasteiger partial charge on any atom is 0.305 e. The number of aliphatic carboxylic acids is 1. The zero-order valence-corrected chi connectivity index (χ0v) is 14.1. The fraction of sp³-hybridized carbons (Fsp3) is 0.400. The van der Waals surface area contributed by atoms with Crippen LogP contribution in [0.15, 0.2) is 42.5 Å². The second-order valence-corrected chi connectivity index (χ2v) is 6.54. The lowest BCUT2D eigenvalue weighted by molar-refractivity contribution is -0.138. The van der Waals surface area contributed by atoms with E-state index >= 15 is 0 Å². The first-order valence-corrected chi connectivity index (χ1v) is 8.73. The van der Waals surface area contributed by atoms with E-state index in [2.05, 4.69) is 5.32 Å². The molecule has 0 spiro atoms. The van der Waals surface area contributed by atoms with Gasteiger partial charge in [-0.05, 0) is 35.2 Å². The second kappa shape index (κ2) is 8.12. The van der Waals surface area contributed by atoms with Gasteiger partial charge in [-0.2, -0.15) is 0 Å². The van der Waals surface area contributed by atoms with E-state index in [0.717, 1.165) is 42.0 Å². The summed E-state index contributed by atoms with van der Waals surface area (Å²) in [5, 5.41) is 14.1. The smallest absolute Gasteiger partial charge is 0.305 e. The minimum Gasteiger partial charge on any atom is -0.481 e. The molecule has 1 fully saturated rings. The van der Waals surface area contributed by atoms with E-state index in [0.29, 0.717) is 0 Å². The molecule has 0 saturated heterocycles. The number of fused-ring (bicyclic) bond motifs is 1. The van der Waals surface area contributed by atoms with Gasteiger partial charge in [-0.15, -0.1) is 0 Å². The molecule has 5 nitrogen and oxygen atoms in total. The summed E-state index contributed by atoms with van der Waals surface area (Å²) in [6.07, 6.45) is 4.28. The number of carbonyl (C=O) groups is 2. The van der Waals surface area contributed by atoms with Crippen molar-refractivity contribution in [2.75, 3.05) is 6.61 Å². The molecule has 1 amide bonds. The first-order chi connectivity index (χ1) is 12.1. The SMILES string of the molecule is O=C(O)C[C@H](NC(=O)COC1CCCC1)c1ccc2ccccc2c1. The van der Waals surface area contributed by atoms with Gasteiger partial charge in [0.05, 0.1) is 18.6 Å². The van der Waals surface area contributed by atoms with Crippen LogP contribution in [0, 0.1) is 0 Å². The van der Waals surface area contributed by atoms with Crippen LogP contribution in [0.1, 0.15) is 43.7 Å². The molecule has 5 heteroatoms. The van der Waals surface area contributed by atoms with Crippen LogP contribution in [-0.4, -0.2) is 29.7 Å². The predicted molar refractivity (Wildman–Crippen MR) is 95.3 cm³/mol. The lowest BCUT2D eigenvalue weighted by atomic mass is 9.99. The first-order valence-electron chi connectivity index (χ1n) is 8.73. The van der Waals surface area contributed by atoms with Gasteiger partial charge in [0.15, 0.2) is 0 Å². The molecule has 132 valence electrons. The third-order valence-corrected chi connectivity index (χ3v) is 4.64. The molecule has 1 aliphatic carbocycles. The van der Waals surface area contributed by atoms with Gasteiger partial charge in [-0.1, -0.05) is 49.2 Å². The number of hydrogen-bond donors (Lipinski definition) is 2. The van der Waals surface area contributed by atoms with E-state index < -0.39 is 12.0 Å². The summed E-state index contributed by atoms with van der Waals surface area (Å²) < 4.78 is 5.62. The number of carboxylic acid groups (broad SMARTS) is 1. The Bertz CT molecular complexity index is 752. The van der Waals surface area contributed by atoms with Crippen LogP contribution in [0.3, 0.4) is 0 Å². The van der Waals surface area contributed by atoms with Gasteiger partial charge in [0.25, 0.3) is 0 Å². The molecule has 0 aromatic heterocycles. The predicted octanol–water partition coefficient (Wildman–Crippen LogP) is 3.43. The number of ether oxygens (including phenoxy) is 1. The van der Waals surface area contributed by atoms with Crippen LogP contribution >= 0.6 is 0 Å². The molecule has 0 heterocycles. The molecule has 1 aliphatic rings. The zero-order valence-electron chi connectivity index (χ0n) is 14.1. The summed E-state index contributed by atoms with van der Waals surface area (Å²) in [5.74, 6) is -1.22. The van der Waals surface area contributed by atoms with E-state index in [9.17, 15) is 14.7 Å². The van der Waals surface area contributed by atoms with Crippen molar-refractivity contribution in [3.63, 3.8) is 0 Å². The van der Waals surface area contributed by atoms with Gasteiger partial charge in [-0.3, -0.25) is 9.59 Å². The molecule has 0 unspecified atom stereocenters. The number of hydrogen-bond acceptors (Lipinski definition) is 3. The van der Waals surface area contributed by atoms with Crippen LogP contribution in [0.5, 0.6) is 0 Å². The number of amides is 1. The lowest BCUT2D eigenvalue weighted by Crippen LogP contribution is -2.34. The molecule has 2 aromatic rings. The standard InChI is InChI=1S/C20H23NO4/c22-19(13-25-17-7-3-4-8-17)21-18(12-20(23)24)16-10-9-14-5-1-2-6-15(14)11-16/h1-2,5-6,9-11,17-18H,3-4,7-8,12-13H2,(H,21,22)(H,23,24)/t18-/m0/s1. The Hall–Kier alpha value is -2.40. The highest BCUT2D eigenvalue weighted by molar-refractivity contribution is 5.84. The highest BCUT2D eigenvalue weighted by Crippen LogP contribution is 2.23. The fourth-order valence-electron chi connectivity index (χ4n) is 3.34. The summed E-state index contributed by atoms with van der Waals surface area (Å²) in [4.78, 5) is 23.4. The van der Waals surface area contributed by atoms with Crippen molar-refractivity contribution >= 4 is 22.6 Å². The summed E-state index contributed by atoms with van der Waals surface area (Å²) >= 11 is 0. The van der Waals surface area contributed by atoms with Crippen molar-refractivity contribution in [1.29, 1.82) is 0 Å². The summed E-state index contributed by atoms with van der Waals surface area (Å²) in [5.41, 5.74) is 0.787. The maximum atomic E-state index is 12.2. The van der Waals surface area contributed by atoms with Gasteiger partial charge in [0, 0.05) is 0 Å². The largest absolute Gasteiger partial charge is 0.481 e. The molecule has 1 saturated carbocycles. The maximum absolute atomic E-state index is 12.2. The van der Waals surface area contributed by atoms with Gasteiger partial charge < -0.3 is 15.2 Å². The number of carboxylic acids is 1. The third kappa shape index (κ3) is 4.79. The van der Waals surface area contributed by atoms with Gasteiger partial charge in [-0.25, -0.2) is 0 Å². The van der Waals surface area contributed by atoms with Crippen molar-refractivity contribution in [2.24, 2.45) is 0 Å². The molecular weight excluding hydrogens is 318 g/mol. The van der Waals surface area contributed by atoms with Crippen LogP contribution in [-0.2, 0) is 14.3 Å². The summed E-state index contributed by atoms with van der Waals surface area (Å²) in [6, 6.07) is 13.0. The zero-order chi connectivity index (χ0) is 17.6. The molecule has 2 aromatic carbocycles. The van der Waals surface area contributed by atoms with E-state index in [1.807, 2.05) is 42.5 Å². The van der Waals surface area contributed by atoms with Crippen LogP contribution in [0.25, 0.3) is 10.8 Å². The molecule has 3 rings (SSSR count). The van der Waals surface area contributed by atoms with Crippen molar-refractivity contribution in [3.05, 3.63) is 48.0 Å². The Morgan fingerprint density at radius 1 is 1.12 bits per heavy atom. The average molecular weight is 341 g/mol. The quantitative estimate of drug-likeness (QED) is 0.809. The minimum absolute atomic E-state index is 0.0195. The Labute approximate surface area is 147 Å². The molecule has 25 heavy (non-hydrogen) atoms. The highest BCUT2D eigenvalue weighted by Gasteiger charge is 2.21. The second-order valence-electron chi connectivity index (χ2n) is 6.54. The number of rotatable bonds is 7. The number of benzene rings is 2. The summed E-state index contributed by atoms with van der Waals surface area (Å²) in [6.45, 7) is -0.0195. The molecular formula is C20H23NO4. The average Bonchev–Trinajstić information content (AvgIpc) is 3.12. The normalized spacial score (nSPS) is 16.0.